The standard InChI is InChI=1S/C13H27N/c1-4-12(2)7-10-14-9-5-6-13(3)8-11-14/h12-13H,4-11H2,1-3H3. The van der Waals surface area contributed by atoms with Crippen LogP contribution in [0.25, 0.3) is 0 Å². The van der Waals surface area contributed by atoms with Gasteiger partial charge in [-0.1, -0.05) is 27.2 Å². The Balaban J connectivity index is 2.17. The van der Waals surface area contributed by atoms with E-state index in [0.717, 1.165) is 11.8 Å². The summed E-state index contributed by atoms with van der Waals surface area (Å²) in [4.78, 5) is 2.68. The quantitative estimate of drug-likeness (QED) is 0.666. The first kappa shape index (κ1) is 12.0. The molecular weight excluding hydrogens is 170 g/mol. The van der Waals surface area contributed by atoms with E-state index in [9.17, 15) is 0 Å². The van der Waals surface area contributed by atoms with Crippen LogP contribution in [0.15, 0.2) is 0 Å². The van der Waals surface area contributed by atoms with Crippen molar-refractivity contribution in [3.8, 4) is 0 Å². The van der Waals surface area contributed by atoms with Crippen LogP contribution >= 0.6 is 0 Å². The van der Waals surface area contributed by atoms with E-state index in [2.05, 4.69) is 25.7 Å². The van der Waals surface area contributed by atoms with Gasteiger partial charge in [-0.2, -0.15) is 0 Å². The molecule has 0 spiro atoms. The van der Waals surface area contributed by atoms with Gasteiger partial charge in [0.15, 0.2) is 0 Å². The van der Waals surface area contributed by atoms with Gasteiger partial charge in [0, 0.05) is 0 Å². The van der Waals surface area contributed by atoms with Crippen molar-refractivity contribution >= 4 is 0 Å². The van der Waals surface area contributed by atoms with Crippen molar-refractivity contribution in [1.29, 1.82) is 0 Å². The van der Waals surface area contributed by atoms with E-state index in [1.165, 1.54) is 51.7 Å². The van der Waals surface area contributed by atoms with Gasteiger partial charge >= 0.3 is 0 Å². The van der Waals surface area contributed by atoms with Crippen LogP contribution in [-0.2, 0) is 0 Å². The van der Waals surface area contributed by atoms with E-state index in [-0.39, 0.29) is 0 Å². The molecular formula is C13H27N. The first-order chi connectivity index (χ1) is 6.72. The molecule has 0 saturated carbocycles. The van der Waals surface area contributed by atoms with Gasteiger partial charge in [0.05, 0.1) is 0 Å². The van der Waals surface area contributed by atoms with Crippen LogP contribution in [0.5, 0.6) is 0 Å². The summed E-state index contributed by atoms with van der Waals surface area (Å²) in [6.45, 7) is 11.1. The molecule has 1 fully saturated rings. The van der Waals surface area contributed by atoms with Gasteiger partial charge in [0.25, 0.3) is 0 Å². The van der Waals surface area contributed by atoms with Crippen molar-refractivity contribution in [2.75, 3.05) is 19.6 Å². The fourth-order valence-corrected chi connectivity index (χ4v) is 2.15. The maximum absolute atomic E-state index is 2.68. The van der Waals surface area contributed by atoms with Crippen LogP contribution in [0.2, 0.25) is 0 Å². The Kier molecular flexibility index (Phi) is 5.54. The van der Waals surface area contributed by atoms with E-state index in [1.54, 1.807) is 0 Å². The minimum absolute atomic E-state index is 0.913. The van der Waals surface area contributed by atoms with Gasteiger partial charge in [-0.3, -0.25) is 0 Å². The molecule has 84 valence electrons. The maximum atomic E-state index is 2.68. The molecule has 1 nitrogen and oxygen atoms in total. The molecule has 0 bridgehead atoms. The third kappa shape index (κ3) is 4.45. The molecule has 0 aliphatic carbocycles. The molecule has 0 aromatic rings. The molecule has 1 heterocycles. The first-order valence-electron chi connectivity index (χ1n) is 6.44. The van der Waals surface area contributed by atoms with Gasteiger partial charge in [-0.15, -0.1) is 0 Å². The smallest absolute Gasteiger partial charge is 0.00162 e. The highest BCUT2D eigenvalue weighted by Crippen LogP contribution is 2.17. The van der Waals surface area contributed by atoms with Crippen molar-refractivity contribution in [2.24, 2.45) is 11.8 Å². The zero-order valence-corrected chi connectivity index (χ0v) is 10.3. The lowest BCUT2D eigenvalue weighted by molar-refractivity contribution is 0.260. The Morgan fingerprint density at radius 2 is 2.07 bits per heavy atom. The molecule has 0 amide bonds. The Morgan fingerprint density at radius 3 is 2.79 bits per heavy atom. The van der Waals surface area contributed by atoms with Crippen molar-refractivity contribution in [2.45, 2.75) is 52.9 Å². The molecule has 1 aliphatic heterocycles. The second kappa shape index (κ2) is 6.44. The summed E-state index contributed by atoms with van der Waals surface area (Å²) in [7, 11) is 0. The monoisotopic (exact) mass is 197 g/mol. The number of rotatable bonds is 4. The molecule has 1 saturated heterocycles. The molecule has 2 unspecified atom stereocenters. The third-order valence-corrected chi connectivity index (χ3v) is 3.74. The Bertz CT molecular complexity index is 144. The normalized spacial score (nSPS) is 27.2. The van der Waals surface area contributed by atoms with E-state index in [0.29, 0.717) is 0 Å². The van der Waals surface area contributed by atoms with Crippen molar-refractivity contribution in [1.82, 2.24) is 4.90 Å². The van der Waals surface area contributed by atoms with E-state index >= 15 is 0 Å². The lowest BCUT2D eigenvalue weighted by Crippen LogP contribution is -2.27. The van der Waals surface area contributed by atoms with Gasteiger partial charge in [-0.25, -0.2) is 0 Å². The second-order valence-corrected chi connectivity index (χ2v) is 5.18. The lowest BCUT2D eigenvalue weighted by Gasteiger charge is -2.21. The minimum Gasteiger partial charge on any atom is -0.303 e. The lowest BCUT2D eigenvalue weighted by atomic mass is 10.0. The largest absolute Gasteiger partial charge is 0.303 e. The second-order valence-electron chi connectivity index (χ2n) is 5.18. The molecule has 1 rings (SSSR count). The van der Waals surface area contributed by atoms with Crippen LogP contribution in [0, 0.1) is 11.8 Å². The van der Waals surface area contributed by atoms with Crippen molar-refractivity contribution < 1.29 is 0 Å². The molecule has 14 heavy (non-hydrogen) atoms. The Morgan fingerprint density at radius 1 is 1.29 bits per heavy atom. The third-order valence-electron chi connectivity index (χ3n) is 3.74. The molecule has 1 aliphatic rings. The van der Waals surface area contributed by atoms with Crippen LogP contribution in [0.1, 0.15) is 52.9 Å². The highest BCUT2D eigenvalue weighted by Gasteiger charge is 2.13. The zero-order valence-electron chi connectivity index (χ0n) is 10.3. The van der Waals surface area contributed by atoms with E-state index in [4.69, 9.17) is 0 Å². The van der Waals surface area contributed by atoms with Crippen LogP contribution in [-0.4, -0.2) is 24.5 Å². The average molecular weight is 197 g/mol. The molecule has 0 N–H and O–H groups in total. The topological polar surface area (TPSA) is 3.24 Å². The zero-order chi connectivity index (χ0) is 10.4. The Labute approximate surface area is 89.9 Å². The van der Waals surface area contributed by atoms with Gasteiger partial charge in [0.2, 0.25) is 0 Å². The number of nitrogens with zero attached hydrogens (tertiary/aromatic N) is 1. The molecule has 0 radical (unpaired) electrons. The predicted molar refractivity (Wildman–Crippen MR) is 63.5 cm³/mol. The Hall–Kier alpha value is -0.0400. The van der Waals surface area contributed by atoms with Crippen molar-refractivity contribution in [3.05, 3.63) is 0 Å². The molecule has 0 aromatic heterocycles. The highest BCUT2D eigenvalue weighted by molar-refractivity contribution is 4.68. The number of hydrogen-bond acceptors (Lipinski definition) is 1. The fourth-order valence-electron chi connectivity index (χ4n) is 2.15. The summed E-state index contributed by atoms with van der Waals surface area (Å²) >= 11 is 0. The van der Waals surface area contributed by atoms with Gasteiger partial charge in [0.1, 0.15) is 0 Å². The summed E-state index contributed by atoms with van der Waals surface area (Å²) in [5, 5.41) is 0. The molecule has 0 aromatic carbocycles. The predicted octanol–water partition coefficient (Wildman–Crippen LogP) is 3.54. The van der Waals surface area contributed by atoms with Gasteiger partial charge < -0.3 is 4.90 Å². The number of hydrogen-bond donors (Lipinski definition) is 0. The van der Waals surface area contributed by atoms with E-state index < -0.39 is 0 Å². The maximum Gasteiger partial charge on any atom is -0.00162 e. The molecule has 2 atom stereocenters. The SMILES string of the molecule is CCC(C)CCN1CCCC(C)CC1. The minimum atomic E-state index is 0.913. The summed E-state index contributed by atoms with van der Waals surface area (Å²) in [6, 6.07) is 0. The van der Waals surface area contributed by atoms with Crippen LogP contribution in [0.4, 0.5) is 0 Å². The van der Waals surface area contributed by atoms with Crippen LogP contribution < -0.4 is 0 Å². The average Bonchev–Trinajstić information content (AvgIpc) is 2.39. The highest BCUT2D eigenvalue weighted by atomic mass is 15.1. The summed E-state index contributed by atoms with van der Waals surface area (Å²) in [6.07, 6.45) is 7.01. The fraction of sp³-hybridized carbons (Fsp3) is 1.00. The molecule has 1 heteroatoms. The summed E-state index contributed by atoms with van der Waals surface area (Å²) in [5.41, 5.74) is 0. The van der Waals surface area contributed by atoms with Gasteiger partial charge in [-0.05, 0) is 57.2 Å². The van der Waals surface area contributed by atoms with E-state index in [1.807, 2.05) is 0 Å². The summed E-state index contributed by atoms with van der Waals surface area (Å²) < 4.78 is 0. The first-order valence-corrected chi connectivity index (χ1v) is 6.44. The number of likely N-dealkylation sites (tertiary alicyclic amines) is 1. The van der Waals surface area contributed by atoms with Crippen LogP contribution in [0.3, 0.4) is 0 Å². The summed E-state index contributed by atoms with van der Waals surface area (Å²) in [5.74, 6) is 1.87. The van der Waals surface area contributed by atoms with Crippen molar-refractivity contribution in [3.63, 3.8) is 0 Å².